The minimum atomic E-state index is -0.193. The van der Waals surface area contributed by atoms with Crippen LogP contribution in [0.15, 0.2) is 0 Å². The van der Waals surface area contributed by atoms with Crippen LogP contribution in [0, 0.1) is 47.4 Å². The van der Waals surface area contributed by atoms with Gasteiger partial charge in [-0.3, -0.25) is 4.79 Å². The van der Waals surface area contributed by atoms with Crippen LogP contribution in [-0.2, 0) is 9.53 Å². The van der Waals surface area contributed by atoms with Crippen LogP contribution in [0.1, 0.15) is 64.2 Å². The Labute approximate surface area is 146 Å². The van der Waals surface area contributed by atoms with Crippen molar-refractivity contribution in [1.29, 1.82) is 0 Å². The molecule has 0 heterocycles. The summed E-state index contributed by atoms with van der Waals surface area (Å²) in [6.45, 7) is 0.265. The topological polar surface area (TPSA) is 46.5 Å². The van der Waals surface area contributed by atoms with Crippen molar-refractivity contribution < 1.29 is 14.6 Å². The first kappa shape index (κ1) is 21.7. The molecule has 0 aliphatic carbocycles. The molecule has 3 heteroatoms. The largest absolute Gasteiger partial charge is 0.469 e. The molecular weight excluding hydrogens is 300 g/mol. The summed E-state index contributed by atoms with van der Waals surface area (Å²) in [4.78, 5) is 10.9. The van der Waals surface area contributed by atoms with Gasteiger partial charge in [0.2, 0.25) is 0 Å². The van der Waals surface area contributed by atoms with E-state index in [2.05, 4.69) is 52.1 Å². The molecule has 0 fully saturated rings. The van der Waals surface area contributed by atoms with E-state index in [1.54, 1.807) is 0 Å². The molecule has 0 aromatic rings. The van der Waals surface area contributed by atoms with Gasteiger partial charge in [-0.1, -0.05) is 41.9 Å². The number of ether oxygens (including phenoxy) is 1. The number of carbonyl (C=O) groups excluding carboxylic acids is 1. The third-order valence-corrected chi connectivity index (χ3v) is 2.90. The summed E-state index contributed by atoms with van der Waals surface area (Å²) in [6, 6.07) is 0. The van der Waals surface area contributed by atoms with Crippen LogP contribution >= 0.6 is 0 Å². The Balaban J connectivity index is 3.58. The molecule has 0 aliphatic rings. The second-order valence-electron chi connectivity index (χ2n) is 4.91. The van der Waals surface area contributed by atoms with Crippen LogP contribution in [0.3, 0.4) is 0 Å². The van der Waals surface area contributed by atoms with Crippen molar-refractivity contribution in [3.8, 4) is 47.4 Å². The molecular formula is C21H26O3. The average Bonchev–Trinajstić information content (AvgIpc) is 2.60. The van der Waals surface area contributed by atoms with Crippen molar-refractivity contribution >= 4 is 5.97 Å². The lowest BCUT2D eigenvalue weighted by atomic mass is 10.2. The number of aliphatic hydroxyl groups is 1. The van der Waals surface area contributed by atoms with Gasteiger partial charge in [0, 0.05) is 25.9 Å². The highest BCUT2D eigenvalue weighted by Crippen LogP contribution is 1.97. The van der Waals surface area contributed by atoms with Gasteiger partial charge in [-0.05, 0) is 19.3 Å². The Morgan fingerprint density at radius 3 is 1.75 bits per heavy atom. The molecule has 0 bridgehead atoms. The molecule has 0 radical (unpaired) electrons. The van der Waals surface area contributed by atoms with E-state index < -0.39 is 0 Å². The number of esters is 1. The molecule has 0 spiro atoms. The molecule has 0 saturated heterocycles. The van der Waals surface area contributed by atoms with Crippen LogP contribution in [0.2, 0.25) is 0 Å². The molecule has 0 atom stereocenters. The molecule has 0 amide bonds. The third kappa shape index (κ3) is 17.7. The molecule has 3 nitrogen and oxygen atoms in total. The number of carbonyl (C=O) groups is 1. The predicted octanol–water partition coefficient (Wildman–Crippen LogP) is 3.07. The summed E-state index contributed by atoms with van der Waals surface area (Å²) in [5, 5.41) is 8.63. The molecule has 0 unspecified atom stereocenters. The van der Waals surface area contributed by atoms with Crippen molar-refractivity contribution in [3.63, 3.8) is 0 Å². The maximum Gasteiger partial charge on any atom is 0.305 e. The lowest BCUT2D eigenvalue weighted by Gasteiger charge is -1.93. The minimum Gasteiger partial charge on any atom is -0.469 e. The van der Waals surface area contributed by atoms with E-state index in [-0.39, 0.29) is 12.6 Å². The molecule has 24 heavy (non-hydrogen) atoms. The summed E-state index contributed by atoms with van der Waals surface area (Å²) in [5.41, 5.74) is 0. The van der Waals surface area contributed by atoms with Gasteiger partial charge in [-0.2, -0.15) is 0 Å². The SMILES string of the molecule is COC(=O)CCCC#CCC#CCC#CCC#CCCCCCO. The number of hydrogen-bond acceptors (Lipinski definition) is 3. The maximum absolute atomic E-state index is 10.9. The second-order valence-corrected chi connectivity index (χ2v) is 4.91. The molecule has 0 saturated carbocycles. The number of unbranched alkanes of at least 4 members (excludes halogenated alkanes) is 4. The van der Waals surface area contributed by atoms with E-state index in [0.29, 0.717) is 32.1 Å². The van der Waals surface area contributed by atoms with Gasteiger partial charge < -0.3 is 9.84 Å². The highest BCUT2D eigenvalue weighted by atomic mass is 16.5. The van der Waals surface area contributed by atoms with Gasteiger partial charge in [0.15, 0.2) is 0 Å². The molecule has 0 aliphatic heterocycles. The van der Waals surface area contributed by atoms with Gasteiger partial charge in [0.25, 0.3) is 0 Å². The summed E-state index contributed by atoms with van der Waals surface area (Å²) >= 11 is 0. The highest BCUT2D eigenvalue weighted by Gasteiger charge is 1.96. The Morgan fingerprint density at radius 2 is 1.25 bits per heavy atom. The zero-order chi connectivity index (χ0) is 17.7. The Morgan fingerprint density at radius 1 is 0.750 bits per heavy atom. The predicted molar refractivity (Wildman–Crippen MR) is 96.4 cm³/mol. The van der Waals surface area contributed by atoms with E-state index in [1.165, 1.54) is 7.11 Å². The van der Waals surface area contributed by atoms with Crippen molar-refractivity contribution in [1.82, 2.24) is 0 Å². The maximum atomic E-state index is 10.9. The molecule has 128 valence electrons. The van der Waals surface area contributed by atoms with E-state index in [0.717, 1.165) is 32.1 Å². The van der Waals surface area contributed by atoms with Crippen LogP contribution in [0.5, 0.6) is 0 Å². The van der Waals surface area contributed by atoms with Crippen LogP contribution in [0.4, 0.5) is 0 Å². The van der Waals surface area contributed by atoms with E-state index in [4.69, 9.17) is 5.11 Å². The zero-order valence-corrected chi connectivity index (χ0v) is 14.5. The smallest absolute Gasteiger partial charge is 0.305 e. The average molecular weight is 326 g/mol. The van der Waals surface area contributed by atoms with Crippen molar-refractivity contribution in [3.05, 3.63) is 0 Å². The lowest BCUT2D eigenvalue weighted by Crippen LogP contribution is -1.98. The summed E-state index contributed by atoms with van der Waals surface area (Å²) < 4.78 is 4.54. The fourth-order valence-electron chi connectivity index (χ4n) is 1.61. The monoisotopic (exact) mass is 326 g/mol. The van der Waals surface area contributed by atoms with E-state index in [9.17, 15) is 4.79 Å². The van der Waals surface area contributed by atoms with Gasteiger partial charge in [0.1, 0.15) is 0 Å². The quantitative estimate of drug-likeness (QED) is 0.444. The minimum absolute atomic E-state index is 0.193. The van der Waals surface area contributed by atoms with Crippen LogP contribution in [-0.4, -0.2) is 24.8 Å². The Kier molecular flexibility index (Phi) is 16.9. The van der Waals surface area contributed by atoms with Crippen LogP contribution in [0.25, 0.3) is 0 Å². The van der Waals surface area contributed by atoms with Crippen molar-refractivity contribution in [2.24, 2.45) is 0 Å². The normalized spacial score (nSPS) is 8.25. The van der Waals surface area contributed by atoms with Gasteiger partial charge >= 0.3 is 5.97 Å². The number of rotatable bonds is 7. The first-order valence-electron chi connectivity index (χ1n) is 8.31. The third-order valence-electron chi connectivity index (χ3n) is 2.90. The second kappa shape index (κ2) is 18.7. The first-order chi connectivity index (χ1) is 11.8. The highest BCUT2D eigenvalue weighted by molar-refractivity contribution is 5.69. The lowest BCUT2D eigenvalue weighted by molar-refractivity contribution is -0.140. The number of aliphatic hydroxyl groups excluding tert-OH is 1. The molecule has 0 aromatic heterocycles. The molecule has 1 N–H and O–H groups in total. The van der Waals surface area contributed by atoms with E-state index >= 15 is 0 Å². The molecule has 0 rings (SSSR count). The zero-order valence-electron chi connectivity index (χ0n) is 14.5. The summed E-state index contributed by atoms with van der Waals surface area (Å²) in [6.07, 6.45) is 7.29. The standard InChI is InChI=1S/C21H26O3/c1-24-21(23)19-17-15-13-11-9-7-5-3-2-4-6-8-10-12-14-16-18-20-22/h22H,3,6,9,12,14-20H2,1H3. The molecule has 0 aromatic carbocycles. The van der Waals surface area contributed by atoms with Gasteiger partial charge in [-0.25, -0.2) is 0 Å². The van der Waals surface area contributed by atoms with Gasteiger partial charge in [0.05, 0.1) is 26.4 Å². The fourth-order valence-corrected chi connectivity index (χ4v) is 1.61. The number of hydrogen-bond donors (Lipinski definition) is 1. The summed E-state index contributed by atoms with van der Waals surface area (Å²) in [5.74, 6) is 23.7. The van der Waals surface area contributed by atoms with Crippen molar-refractivity contribution in [2.75, 3.05) is 13.7 Å². The van der Waals surface area contributed by atoms with Crippen LogP contribution < -0.4 is 0 Å². The van der Waals surface area contributed by atoms with Gasteiger partial charge in [-0.15, -0.1) is 11.8 Å². The van der Waals surface area contributed by atoms with Crippen molar-refractivity contribution in [2.45, 2.75) is 64.2 Å². The Bertz CT molecular complexity index is 574. The first-order valence-corrected chi connectivity index (χ1v) is 8.31. The number of methoxy groups -OCH3 is 1. The summed E-state index contributed by atoms with van der Waals surface area (Å²) in [7, 11) is 1.39. The fraction of sp³-hybridized carbons (Fsp3) is 0.571. The van der Waals surface area contributed by atoms with E-state index in [1.807, 2.05) is 0 Å². The Hall–Kier alpha value is -2.33.